The summed E-state index contributed by atoms with van der Waals surface area (Å²) < 4.78 is 6.00. The summed E-state index contributed by atoms with van der Waals surface area (Å²) in [5.41, 5.74) is 7.39. The van der Waals surface area contributed by atoms with E-state index in [1.807, 2.05) is 30.0 Å². The average Bonchev–Trinajstić information content (AvgIpc) is 2.33. The molecule has 1 rings (SSSR count). The van der Waals surface area contributed by atoms with Crippen LogP contribution < -0.4 is 10.5 Å². The molecule has 0 aromatic heterocycles. The van der Waals surface area contributed by atoms with Crippen molar-refractivity contribution in [1.82, 2.24) is 0 Å². The van der Waals surface area contributed by atoms with E-state index in [1.54, 1.807) is 0 Å². The molecule has 0 spiro atoms. The highest BCUT2D eigenvalue weighted by Gasteiger charge is 2.16. The minimum atomic E-state index is 0.0299. The van der Waals surface area contributed by atoms with E-state index in [0.717, 1.165) is 30.1 Å². The molecular weight excluding hydrogens is 242 g/mol. The maximum atomic E-state index is 6.27. The van der Waals surface area contributed by atoms with Crippen LogP contribution in [0.2, 0.25) is 0 Å². The Hall–Kier alpha value is -0.670. The highest BCUT2D eigenvalue weighted by molar-refractivity contribution is 8.00. The Balaban J connectivity index is 2.69. The Kier molecular flexibility index (Phi) is 6.03. The average molecular weight is 267 g/mol. The lowest BCUT2D eigenvalue weighted by Gasteiger charge is -2.22. The number of hydrogen-bond donors (Lipinski definition) is 1. The van der Waals surface area contributed by atoms with E-state index >= 15 is 0 Å². The Morgan fingerprint density at radius 3 is 2.56 bits per heavy atom. The van der Waals surface area contributed by atoms with E-state index in [1.165, 1.54) is 0 Å². The van der Waals surface area contributed by atoms with Gasteiger partial charge < -0.3 is 10.5 Å². The first-order valence-electron chi connectivity index (χ1n) is 6.55. The SMILES string of the molecule is CCCOc1ccccc1C(N)CSC(C)(C)C. The van der Waals surface area contributed by atoms with Crippen LogP contribution in [0.25, 0.3) is 0 Å². The quantitative estimate of drug-likeness (QED) is 0.846. The summed E-state index contributed by atoms with van der Waals surface area (Å²) in [5, 5.41) is 0. The number of ether oxygens (including phenoxy) is 1. The molecule has 102 valence electrons. The van der Waals surface area contributed by atoms with Gasteiger partial charge in [-0.05, 0) is 12.5 Å². The zero-order valence-corrected chi connectivity index (χ0v) is 12.7. The fourth-order valence-electron chi connectivity index (χ4n) is 1.56. The first-order chi connectivity index (χ1) is 8.44. The minimum Gasteiger partial charge on any atom is -0.493 e. The van der Waals surface area contributed by atoms with Crippen LogP contribution in [-0.2, 0) is 0 Å². The molecule has 0 fully saturated rings. The van der Waals surface area contributed by atoms with Gasteiger partial charge in [-0.2, -0.15) is 11.8 Å². The van der Waals surface area contributed by atoms with Crippen LogP contribution in [0, 0.1) is 0 Å². The standard InChI is InChI=1S/C15H25NOS/c1-5-10-17-14-9-7-6-8-12(14)13(16)11-18-15(2,3)4/h6-9,13H,5,10-11,16H2,1-4H3. The Bertz CT molecular complexity index is 360. The van der Waals surface area contributed by atoms with Crippen LogP contribution in [0.5, 0.6) is 5.75 Å². The summed E-state index contributed by atoms with van der Waals surface area (Å²) in [6.45, 7) is 9.49. The lowest BCUT2D eigenvalue weighted by molar-refractivity contribution is 0.313. The van der Waals surface area contributed by atoms with E-state index < -0.39 is 0 Å². The van der Waals surface area contributed by atoms with Crippen molar-refractivity contribution in [2.75, 3.05) is 12.4 Å². The van der Waals surface area contributed by atoms with Gasteiger partial charge in [0.1, 0.15) is 5.75 Å². The van der Waals surface area contributed by atoms with Gasteiger partial charge in [0.2, 0.25) is 0 Å². The Morgan fingerprint density at radius 2 is 1.94 bits per heavy atom. The first-order valence-corrected chi connectivity index (χ1v) is 7.54. The van der Waals surface area contributed by atoms with Gasteiger partial charge in [0.15, 0.2) is 0 Å². The molecule has 0 saturated heterocycles. The molecule has 0 bridgehead atoms. The molecule has 0 heterocycles. The lowest BCUT2D eigenvalue weighted by atomic mass is 10.1. The Labute approximate surface area is 115 Å². The van der Waals surface area contributed by atoms with Crippen LogP contribution >= 0.6 is 11.8 Å². The molecule has 0 aliphatic rings. The smallest absolute Gasteiger partial charge is 0.124 e. The second kappa shape index (κ2) is 7.05. The summed E-state index contributed by atoms with van der Waals surface area (Å²) in [7, 11) is 0. The van der Waals surface area contributed by atoms with Crippen molar-refractivity contribution in [1.29, 1.82) is 0 Å². The molecule has 3 heteroatoms. The second-order valence-corrected chi connectivity index (χ2v) is 7.26. The lowest BCUT2D eigenvalue weighted by Crippen LogP contribution is -2.19. The van der Waals surface area contributed by atoms with Crippen LogP contribution in [0.15, 0.2) is 24.3 Å². The van der Waals surface area contributed by atoms with Crippen molar-refractivity contribution in [3.05, 3.63) is 29.8 Å². The van der Waals surface area contributed by atoms with Crippen LogP contribution in [0.1, 0.15) is 45.7 Å². The topological polar surface area (TPSA) is 35.2 Å². The molecule has 1 aromatic rings. The third kappa shape index (κ3) is 5.32. The molecular formula is C15H25NOS. The molecule has 1 unspecified atom stereocenters. The fourth-order valence-corrected chi connectivity index (χ4v) is 2.42. The highest BCUT2D eigenvalue weighted by Crippen LogP contribution is 2.30. The molecule has 0 amide bonds. The van der Waals surface area contributed by atoms with Gasteiger partial charge in [-0.1, -0.05) is 45.9 Å². The van der Waals surface area contributed by atoms with E-state index in [0.29, 0.717) is 0 Å². The molecule has 1 atom stereocenters. The predicted molar refractivity (Wildman–Crippen MR) is 81.4 cm³/mol. The largest absolute Gasteiger partial charge is 0.493 e. The van der Waals surface area contributed by atoms with Crippen molar-refractivity contribution in [2.24, 2.45) is 5.73 Å². The van der Waals surface area contributed by atoms with Gasteiger partial charge >= 0.3 is 0 Å². The molecule has 2 nitrogen and oxygen atoms in total. The maximum absolute atomic E-state index is 6.27. The van der Waals surface area contributed by atoms with Gasteiger partial charge in [-0.15, -0.1) is 0 Å². The third-order valence-corrected chi connectivity index (χ3v) is 3.87. The number of hydrogen-bond acceptors (Lipinski definition) is 3. The molecule has 0 aliphatic carbocycles. The normalized spacial score (nSPS) is 13.4. The first kappa shape index (κ1) is 15.4. The van der Waals surface area contributed by atoms with Crippen molar-refractivity contribution < 1.29 is 4.74 Å². The molecule has 1 aromatic carbocycles. The summed E-state index contributed by atoms with van der Waals surface area (Å²) >= 11 is 1.89. The van der Waals surface area contributed by atoms with Crippen molar-refractivity contribution in [3.8, 4) is 5.75 Å². The highest BCUT2D eigenvalue weighted by atomic mass is 32.2. The minimum absolute atomic E-state index is 0.0299. The number of thioether (sulfide) groups is 1. The molecule has 2 N–H and O–H groups in total. The van der Waals surface area contributed by atoms with E-state index in [2.05, 4.69) is 33.8 Å². The molecule has 0 aliphatic heterocycles. The van der Waals surface area contributed by atoms with E-state index in [4.69, 9.17) is 10.5 Å². The maximum Gasteiger partial charge on any atom is 0.124 e. The van der Waals surface area contributed by atoms with Gasteiger partial charge in [-0.25, -0.2) is 0 Å². The number of rotatable bonds is 6. The van der Waals surface area contributed by atoms with Crippen molar-refractivity contribution >= 4 is 11.8 Å². The van der Waals surface area contributed by atoms with Gasteiger partial charge in [0.05, 0.1) is 6.61 Å². The van der Waals surface area contributed by atoms with E-state index in [-0.39, 0.29) is 10.8 Å². The predicted octanol–water partition coefficient (Wildman–Crippen LogP) is 4.01. The molecule has 18 heavy (non-hydrogen) atoms. The van der Waals surface area contributed by atoms with E-state index in [9.17, 15) is 0 Å². The second-order valence-electron chi connectivity index (χ2n) is 5.42. The number of nitrogens with two attached hydrogens (primary N) is 1. The van der Waals surface area contributed by atoms with Crippen LogP contribution in [0.3, 0.4) is 0 Å². The van der Waals surface area contributed by atoms with Crippen LogP contribution in [0.4, 0.5) is 0 Å². The zero-order chi connectivity index (χ0) is 13.6. The zero-order valence-electron chi connectivity index (χ0n) is 11.9. The van der Waals surface area contributed by atoms with Crippen molar-refractivity contribution in [2.45, 2.75) is 44.9 Å². The summed E-state index contributed by atoms with van der Waals surface area (Å²) in [4.78, 5) is 0. The number of para-hydroxylation sites is 1. The van der Waals surface area contributed by atoms with Crippen molar-refractivity contribution in [3.63, 3.8) is 0 Å². The molecule has 0 saturated carbocycles. The van der Waals surface area contributed by atoms with Crippen LogP contribution in [-0.4, -0.2) is 17.1 Å². The third-order valence-electron chi connectivity index (χ3n) is 2.48. The Morgan fingerprint density at radius 1 is 1.28 bits per heavy atom. The summed E-state index contributed by atoms with van der Waals surface area (Å²) in [6, 6.07) is 8.13. The summed E-state index contributed by atoms with van der Waals surface area (Å²) in [5.74, 6) is 1.84. The monoisotopic (exact) mass is 267 g/mol. The molecule has 0 radical (unpaired) electrons. The fraction of sp³-hybridized carbons (Fsp3) is 0.600. The summed E-state index contributed by atoms with van der Waals surface area (Å²) in [6.07, 6.45) is 1.01. The van der Waals surface area contributed by atoms with Gasteiger partial charge in [0, 0.05) is 22.1 Å². The van der Waals surface area contributed by atoms with Gasteiger partial charge in [0.25, 0.3) is 0 Å². The number of benzene rings is 1. The van der Waals surface area contributed by atoms with Gasteiger partial charge in [-0.3, -0.25) is 0 Å².